The van der Waals surface area contributed by atoms with Gasteiger partial charge in [-0.1, -0.05) is 12.1 Å². The lowest BCUT2D eigenvalue weighted by molar-refractivity contribution is -0.139. The zero-order valence-corrected chi connectivity index (χ0v) is 12.2. The molecule has 2 atom stereocenters. The number of hydrogen-bond donors (Lipinski definition) is 0. The highest BCUT2D eigenvalue weighted by Gasteiger charge is 2.48. The molecule has 3 rings (SSSR count). The summed E-state index contributed by atoms with van der Waals surface area (Å²) >= 11 is 0. The fraction of sp³-hybridized carbons (Fsp3) is 0.786. The Hall–Kier alpha value is -1.59. The van der Waals surface area contributed by atoms with Crippen LogP contribution in [0.2, 0.25) is 0 Å². The Morgan fingerprint density at radius 1 is 1.30 bits per heavy atom. The highest BCUT2D eigenvalue weighted by Crippen LogP contribution is 2.36. The lowest BCUT2D eigenvalue weighted by atomic mass is 9.75. The van der Waals surface area contributed by atoms with Crippen LogP contribution in [0.25, 0.3) is 0 Å². The third kappa shape index (κ3) is 2.07. The Labute approximate surface area is 118 Å². The number of carbonyl (C=O) groups excluding carboxylic acids is 2. The second-order valence-corrected chi connectivity index (χ2v) is 6.44. The van der Waals surface area contributed by atoms with E-state index in [4.69, 9.17) is 4.84 Å². The minimum absolute atomic E-state index is 0.0636. The summed E-state index contributed by atoms with van der Waals surface area (Å²) in [4.78, 5) is 33.1. The van der Waals surface area contributed by atoms with Crippen LogP contribution in [0.4, 0.5) is 0 Å². The molecule has 6 nitrogen and oxygen atoms in total. The summed E-state index contributed by atoms with van der Waals surface area (Å²) in [6.45, 7) is 3.29. The molecule has 110 valence electrons. The van der Waals surface area contributed by atoms with Crippen molar-refractivity contribution in [3.05, 3.63) is 0 Å². The molecule has 0 bridgehead atoms. The number of carbonyl (C=O) groups is 2. The third-order valence-electron chi connectivity index (χ3n) is 4.56. The maximum Gasteiger partial charge on any atom is 0.271 e. The lowest BCUT2D eigenvalue weighted by Crippen LogP contribution is -2.41. The van der Waals surface area contributed by atoms with Crippen LogP contribution in [0.1, 0.15) is 19.8 Å². The molecule has 2 aliphatic heterocycles. The van der Waals surface area contributed by atoms with Crippen molar-refractivity contribution in [3.8, 4) is 0 Å². The molecular weight excluding hydrogens is 258 g/mol. The molecule has 2 fully saturated rings. The van der Waals surface area contributed by atoms with Gasteiger partial charge >= 0.3 is 0 Å². The van der Waals surface area contributed by atoms with Crippen molar-refractivity contribution in [2.24, 2.45) is 22.9 Å². The van der Waals surface area contributed by atoms with Gasteiger partial charge in [-0.3, -0.25) is 9.59 Å². The van der Waals surface area contributed by atoms with Gasteiger partial charge in [0, 0.05) is 26.6 Å². The summed E-state index contributed by atoms with van der Waals surface area (Å²) < 4.78 is 0. The van der Waals surface area contributed by atoms with Gasteiger partial charge in [-0.25, -0.2) is 0 Å². The molecule has 2 amide bonds. The molecule has 6 heteroatoms. The van der Waals surface area contributed by atoms with Crippen molar-refractivity contribution in [2.75, 3.05) is 27.2 Å². The molecule has 0 aromatic carbocycles. The minimum Gasteiger partial charge on any atom is -0.389 e. The first-order valence-electron chi connectivity index (χ1n) is 7.21. The molecule has 3 aliphatic rings. The van der Waals surface area contributed by atoms with E-state index in [0.29, 0.717) is 24.7 Å². The highest BCUT2D eigenvalue weighted by molar-refractivity contribution is 6.40. The normalized spacial score (nSPS) is 35.0. The van der Waals surface area contributed by atoms with Gasteiger partial charge in [0.15, 0.2) is 11.8 Å². The van der Waals surface area contributed by atoms with Crippen LogP contribution in [0.15, 0.2) is 5.16 Å². The first-order valence-corrected chi connectivity index (χ1v) is 7.21. The molecule has 1 saturated heterocycles. The standard InChI is InChI=1S/C14H21N3O3/c1-8-4-9(5-8)13(18)17-6-10-11(7-17)20-15-12(10)14(19)16(2)3/h8-11H,4-7H2,1-3H3/t8?,9?,10-,11+/m0/s1. The molecule has 1 saturated carbocycles. The summed E-state index contributed by atoms with van der Waals surface area (Å²) in [7, 11) is 3.40. The van der Waals surface area contributed by atoms with Crippen LogP contribution in [0.3, 0.4) is 0 Å². The number of rotatable bonds is 2. The molecule has 0 aromatic rings. The van der Waals surface area contributed by atoms with E-state index in [2.05, 4.69) is 12.1 Å². The number of fused-ring (bicyclic) bond motifs is 1. The van der Waals surface area contributed by atoms with Crippen molar-refractivity contribution < 1.29 is 14.4 Å². The maximum atomic E-state index is 12.3. The Morgan fingerprint density at radius 2 is 2.00 bits per heavy atom. The quantitative estimate of drug-likeness (QED) is 0.732. The molecule has 20 heavy (non-hydrogen) atoms. The largest absolute Gasteiger partial charge is 0.389 e. The average Bonchev–Trinajstić information content (AvgIpc) is 2.92. The Bertz CT molecular complexity index is 468. The molecule has 0 unspecified atom stereocenters. The topological polar surface area (TPSA) is 62.2 Å². The lowest BCUT2D eigenvalue weighted by Gasteiger charge is -2.34. The molecule has 1 aliphatic carbocycles. The van der Waals surface area contributed by atoms with E-state index >= 15 is 0 Å². The summed E-state index contributed by atoms with van der Waals surface area (Å²) in [5, 5.41) is 3.91. The van der Waals surface area contributed by atoms with Crippen LogP contribution in [0.5, 0.6) is 0 Å². The molecule has 0 N–H and O–H groups in total. The van der Waals surface area contributed by atoms with Gasteiger partial charge in [-0.2, -0.15) is 0 Å². The van der Waals surface area contributed by atoms with E-state index in [9.17, 15) is 9.59 Å². The smallest absolute Gasteiger partial charge is 0.271 e. The van der Waals surface area contributed by atoms with Crippen LogP contribution in [-0.2, 0) is 14.4 Å². The van der Waals surface area contributed by atoms with Gasteiger partial charge in [0.05, 0.1) is 12.5 Å². The highest BCUT2D eigenvalue weighted by atomic mass is 16.6. The van der Waals surface area contributed by atoms with E-state index in [-0.39, 0.29) is 29.8 Å². The minimum atomic E-state index is -0.143. The fourth-order valence-corrected chi connectivity index (χ4v) is 3.30. The van der Waals surface area contributed by atoms with Gasteiger partial charge < -0.3 is 14.6 Å². The monoisotopic (exact) mass is 279 g/mol. The van der Waals surface area contributed by atoms with Crippen molar-refractivity contribution in [2.45, 2.75) is 25.9 Å². The fourth-order valence-electron chi connectivity index (χ4n) is 3.30. The Balaban J connectivity index is 1.64. The molecule has 0 spiro atoms. The van der Waals surface area contributed by atoms with Crippen LogP contribution in [-0.4, -0.2) is 60.6 Å². The zero-order chi connectivity index (χ0) is 14.4. The molecule has 0 radical (unpaired) electrons. The molecule has 2 heterocycles. The number of nitrogens with zero attached hydrogens (tertiary/aromatic N) is 3. The van der Waals surface area contributed by atoms with Crippen LogP contribution >= 0.6 is 0 Å². The van der Waals surface area contributed by atoms with Gasteiger partial charge in [0.2, 0.25) is 5.91 Å². The zero-order valence-electron chi connectivity index (χ0n) is 12.2. The Morgan fingerprint density at radius 3 is 2.60 bits per heavy atom. The van der Waals surface area contributed by atoms with Crippen molar-refractivity contribution in [1.82, 2.24) is 9.80 Å². The summed E-state index contributed by atoms with van der Waals surface area (Å²) in [6, 6.07) is 0. The van der Waals surface area contributed by atoms with E-state index < -0.39 is 0 Å². The summed E-state index contributed by atoms with van der Waals surface area (Å²) in [5.41, 5.74) is 0.456. The predicted molar refractivity (Wildman–Crippen MR) is 73.0 cm³/mol. The summed E-state index contributed by atoms with van der Waals surface area (Å²) in [6.07, 6.45) is 1.84. The van der Waals surface area contributed by atoms with Crippen molar-refractivity contribution >= 4 is 17.5 Å². The van der Waals surface area contributed by atoms with Gasteiger partial charge in [-0.15, -0.1) is 0 Å². The second kappa shape index (κ2) is 4.75. The Kier molecular flexibility index (Phi) is 3.18. The van der Waals surface area contributed by atoms with Gasteiger partial charge in [-0.05, 0) is 18.8 Å². The first kappa shape index (κ1) is 13.4. The average molecular weight is 279 g/mol. The number of amides is 2. The van der Waals surface area contributed by atoms with E-state index in [0.717, 1.165) is 12.8 Å². The SMILES string of the molecule is CC1CC(C(=O)N2C[C@@H]3C(C(=O)N(C)C)=NO[C@@H]3C2)C1. The molecule has 0 aromatic heterocycles. The van der Waals surface area contributed by atoms with Crippen molar-refractivity contribution in [3.63, 3.8) is 0 Å². The summed E-state index contributed by atoms with van der Waals surface area (Å²) in [5.74, 6) is 0.872. The van der Waals surface area contributed by atoms with Gasteiger partial charge in [0.1, 0.15) is 0 Å². The van der Waals surface area contributed by atoms with E-state index in [1.807, 2.05) is 4.90 Å². The number of hydrogen-bond acceptors (Lipinski definition) is 4. The third-order valence-corrected chi connectivity index (χ3v) is 4.56. The van der Waals surface area contributed by atoms with E-state index in [1.54, 1.807) is 14.1 Å². The predicted octanol–water partition coefficient (Wildman–Crippen LogP) is 0.334. The maximum absolute atomic E-state index is 12.3. The second-order valence-electron chi connectivity index (χ2n) is 6.44. The van der Waals surface area contributed by atoms with Crippen LogP contribution in [0, 0.1) is 17.8 Å². The molecular formula is C14H21N3O3. The number of likely N-dealkylation sites (tertiary alicyclic amines) is 1. The number of oxime groups is 1. The van der Waals surface area contributed by atoms with E-state index in [1.165, 1.54) is 4.90 Å². The van der Waals surface area contributed by atoms with Crippen molar-refractivity contribution in [1.29, 1.82) is 0 Å². The van der Waals surface area contributed by atoms with Crippen LogP contribution < -0.4 is 0 Å². The van der Waals surface area contributed by atoms with Gasteiger partial charge in [0.25, 0.3) is 5.91 Å². The first-order chi connectivity index (χ1) is 9.47.